The molecule has 1 saturated carbocycles. The number of rotatable bonds is 4. The van der Waals surface area contributed by atoms with E-state index in [0.717, 1.165) is 25.7 Å². The maximum Gasteiger partial charge on any atom is 0.191 e. The Morgan fingerprint density at radius 2 is 2.00 bits per heavy atom. The van der Waals surface area contributed by atoms with Crippen molar-refractivity contribution in [3.05, 3.63) is 0 Å². The van der Waals surface area contributed by atoms with Gasteiger partial charge >= 0.3 is 0 Å². The molecule has 5 nitrogen and oxygen atoms in total. The molecular weight excluding hydrogens is 276 g/mol. The molecule has 0 aromatic rings. The van der Waals surface area contributed by atoms with Crippen molar-refractivity contribution >= 4 is 5.96 Å². The lowest BCUT2D eigenvalue weighted by molar-refractivity contribution is -0.188. The van der Waals surface area contributed by atoms with E-state index in [0.29, 0.717) is 18.1 Å². The van der Waals surface area contributed by atoms with Gasteiger partial charge in [0.05, 0.1) is 6.10 Å². The molecule has 0 bridgehead atoms. The first-order valence-electron chi connectivity index (χ1n) is 8.59. The molecule has 0 spiro atoms. The summed E-state index contributed by atoms with van der Waals surface area (Å²) in [5, 5.41) is 10.5. The van der Waals surface area contributed by atoms with Gasteiger partial charge in [-0.2, -0.15) is 0 Å². The third kappa shape index (κ3) is 3.93. The van der Waals surface area contributed by atoms with Crippen LogP contribution in [0.3, 0.4) is 0 Å². The van der Waals surface area contributed by atoms with Crippen LogP contribution < -0.4 is 16.0 Å². The molecule has 2 fully saturated rings. The first-order valence-corrected chi connectivity index (χ1v) is 8.59. The minimum atomic E-state index is 0.154. The summed E-state index contributed by atoms with van der Waals surface area (Å²) in [6.07, 6.45) is 2.84. The van der Waals surface area contributed by atoms with E-state index < -0.39 is 0 Å². The quantitative estimate of drug-likeness (QED) is 0.421. The summed E-state index contributed by atoms with van der Waals surface area (Å²) in [7, 11) is 1.84. The lowest BCUT2D eigenvalue weighted by atomic mass is 9.55. The van der Waals surface area contributed by atoms with Crippen molar-refractivity contribution in [2.45, 2.75) is 65.1 Å². The van der Waals surface area contributed by atoms with Gasteiger partial charge in [0.15, 0.2) is 5.96 Å². The molecule has 0 aromatic carbocycles. The Kier molecular flexibility index (Phi) is 5.38. The zero-order valence-electron chi connectivity index (χ0n) is 15.1. The second-order valence-electron chi connectivity index (χ2n) is 8.22. The molecule has 2 rings (SSSR count). The van der Waals surface area contributed by atoms with Crippen molar-refractivity contribution in [1.29, 1.82) is 0 Å². The Hall–Kier alpha value is -0.810. The number of aliphatic imine (C=N–C) groups is 1. The largest absolute Gasteiger partial charge is 0.377 e. The lowest BCUT2D eigenvalue weighted by Gasteiger charge is -2.60. The monoisotopic (exact) mass is 310 g/mol. The molecule has 22 heavy (non-hydrogen) atoms. The van der Waals surface area contributed by atoms with Crippen LogP contribution in [0.2, 0.25) is 0 Å². The fraction of sp³-hybridized carbons (Fsp3) is 0.941. The predicted molar refractivity (Wildman–Crippen MR) is 92.3 cm³/mol. The van der Waals surface area contributed by atoms with Crippen LogP contribution in [0.5, 0.6) is 0 Å². The molecule has 0 aromatic heterocycles. The average Bonchev–Trinajstić information content (AvgIpc) is 2.45. The van der Waals surface area contributed by atoms with Crippen molar-refractivity contribution in [2.75, 3.05) is 26.7 Å². The minimum Gasteiger partial charge on any atom is -0.377 e. The van der Waals surface area contributed by atoms with Gasteiger partial charge in [0.1, 0.15) is 0 Å². The van der Waals surface area contributed by atoms with Gasteiger partial charge in [-0.1, -0.05) is 13.8 Å². The third-order valence-corrected chi connectivity index (χ3v) is 4.92. The number of hydrogen-bond acceptors (Lipinski definition) is 3. The van der Waals surface area contributed by atoms with Gasteiger partial charge in [-0.15, -0.1) is 0 Å². The molecule has 1 saturated heterocycles. The highest BCUT2D eigenvalue weighted by atomic mass is 16.5. The average molecular weight is 310 g/mol. The number of fused-ring (bicyclic) bond motifs is 1. The van der Waals surface area contributed by atoms with Gasteiger partial charge < -0.3 is 20.7 Å². The van der Waals surface area contributed by atoms with E-state index in [1.807, 2.05) is 7.05 Å². The standard InChI is InChI=1S/C17H34N4O/c1-16(2,3)20-10-9-19-15(18-6)21-13-12-8-7-11-22-14(12)17(13,4)5/h12-14,20H,7-11H2,1-6H3,(H2,18,19,21). The highest BCUT2D eigenvalue weighted by Crippen LogP contribution is 2.51. The maximum atomic E-state index is 5.96. The fourth-order valence-corrected chi connectivity index (χ4v) is 3.78. The van der Waals surface area contributed by atoms with Crippen LogP contribution in [0.25, 0.3) is 0 Å². The molecular formula is C17H34N4O. The molecule has 1 aliphatic heterocycles. The maximum absolute atomic E-state index is 5.96. The van der Waals surface area contributed by atoms with Crippen molar-refractivity contribution in [3.8, 4) is 0 Å². The van der Waals surface area contributed by atoms with E-state index in [1.54, 1.807) is 0 Å². The van der Waals surface area contributed by atoms with Crippen molar-refractivity contribution in [3.63, 3.8) is 0 Å². The Balaban J connectivity index is 1.80. The summed E-state index contributed by atoms with van der Waals surface area (Å²) in [6, 6.07) is 0.444. The van der Waals surface area contributed by atoms with Gasteiger partial charge in [-0.05, 0) is 33.6 Å². The van der Waals surface area contributed by atoms with E-state index in [9.17, 15) is 0 Å². The Morgan fingerprint density at radius 3 is 2.64 bits per heavy atom. The van der Waals surface area contributed by atoms with Gasteiger partial charge in [-0.3, -0.25) is 4.99 Å². The van der Waals surface area contributed by atoms with Crippen LogP contribution in [0.4, 0.5) is 0 Å². The summed E-state index contributed by atoms with van der Waals surface area (Å²) in [4.78, 5) is 4.37. The summed E-state index contributed by atoms with van der Waals surface area (Å²) in [5.41, 5.74) is 0.327. The number of hydrogen-bond donors (Lipinski definition) is 3. The molecule has 0 amide bonds. The van der Waals surface area contributed by atoms with E-state index in [-0.39, 0.29) is 11.0 Å². The molecule has 1 heterocycles. The van der Waals surface area contributed by atoms with Gasteiger partial charge in [0.2, 0.25) is 0 Å². The van der Waals surface area contributed by atoms with Crippen LogP contribution in [0.1, 0.15) is 47.5 Å². The first-order chi connectivity index (χ1) is 10.3. The molecule has 2 aliphatic rings. The van der Waals surface area contributed by atoms with Gasteiger partial charge in [-0.25, -0.2) is 0 Å². The lowest BCUT2D eigenvalue weighted by Crippen LogP contribution is -2.71. The molecule has 3 atom stereocenters. The predicted octanol–water partition coefficient (Wildman–Crippen LogP) is 1.74. The van der Waals surface area contributed by atoms with Crippen LogP contribution >= 0.6 is 0 Å². The summed E-state index contributed by atoms with van der Waals surface area (Å²) >= 11 is 0. The molecule has 1 aliphatic carbocycles. The Bertz CT molecular complexity index is 400. The number of guanidine groups is 1. The second-order valence-corrected chi connectivity index (χ2v) is 8.22. The number of nitrogens with zero attached hydrogens (tertiary/aromatic N) is 1. The highest BCUT2D eigenvalue weighted by molar-refractivity contribution is 5.80. The van der Waals surface area contributed by atoms with Crippen molar-refractivity contribution in [1.82, 2.24) is 16.0 Å². The zero-order valence-corrected chi connectivity index (χ0v) is 15.1. The summed E-state index contributed by atoms with van der Waals surface area (Å²) < 4.78 is 5.96. The molecule has 3 unspecified atom stereocenters. The van der Waals surface area contributed by atoms with Gasteiger partial charge in [0, 0.05) is 49.7 Å². The highest BCUT2D eigenvalue weighted by Gasteiger charge is 2.58. The SMILES string of the molecule is CN=C(NCCNC(C)(C)C)NC1C2CCCOC2C1(C)C. The smallest absolute Gasteiger partial charge is 0.191 e. The van der Waals surface area contributed by atoms with Crippen LogP contribution in [-0.2, 0) is 4.74 Å². The third-order valence-electron chi connectivity index (χ3n) is 4.92. The second kappa shape index (κ2) is 6.75. The normalized spacial score (nSPS) is 31.2. The fourth-order valence-electron chi connectivity index (χ4n) is 3.78. The van der Waals surface area contributed by atoms with Crippen LogP contribution in [0, 0.1) is 11.3 Å². The summed E-state index contributed by atoms with van der Waals surface area (Å²) in [5.74, 6) is 1.52. The minimum absolute atomic E-state index is 0.154. The van der Waals surface area contributed by atoms with Crippen molar-refractivity contribution < 1.29 is 4.74 Å². The molecule has 128 valence electrons. The van der Waals surface area contributed by atoms with Gasteiger partial charge in [0.25, 0.3) is 0 Å². The topological polar surface area (TPSA) is 57.7 Å². The Labute approximate surface area is 135 Å². The van der Waals surface area contributed by atoms with E-state index in [1.165, 1.54) is 12.8 Å². The molecule has 3 N–H and O–H groups in total. The molecule has 5 heteroatoms. The zero-order chi connectivity index (χ0) is 16.4. The van der Waals surface area contributed by atoms with Crippen molar-refractivity contribution in [2.24, 2.45) is 16.3 Å². The van der Waals surface area contributed by atoms with E-state index in [2.05, 4.69) is 55.6 Å². The number of nitrogens with one attached hydrogen (secondary N) is 3. The van der Waals surface area contributed by atoms with E-state index >= 15 is 0 Å². The number of ether oxygens (including phenoxy) is 1. The van der Waals surface area contributed by atoms with Crippen LogP contribution in [0.15, 0.2) is 4.99 Å². The Morgan fingerprint density at radius 1 is 1.27 bits per heavy atom. The molecule has 0 radical (unpaired) electrons. The summed E-state index contributed by atoms with van der Waals surface area (Å²) in [6.45, 7) is 13.8. The first kappa shape index (κ1) is 17.5. The van der Waals surface area contributed by atoms with Crippen LogP contribution in [-0.4, -0.2) is 50.4 Å². The van der Waals surface area contributed by atoms with E-state index in [4.69, 9.17) is 4.74 Å².